The number of piperidine rings is 1. The Bertz CT molecular complexity index is 1740. The summed E-state index contributed by atoms with van der Waals surface area (Å²) in [6.07, 6.45) is 4.55. The van der Waals surface area contributed by atoms with E-state index in [0.717, 1.165) is 28.4 Å². The van der Waals surface area contributed by atoms with Gasteiger partial charge in [0.15, 0.2) is 0 Å². The third kappa shape index (κ3) is 6.56. The van der Waals surface area contributed by atoms with E-state index >= 15 is 0 Å². The number of nitrogens with zero attached hydrogens (tertiary/aromatic N) is 5. The number of hydrogen-bond donors (Lipinski definition) is 2. The van der Waals surface area contributed by atoms with Crippen molar-refractivity contribution in [3.8, 4) is 11.8 Å². The van der Waals surface area contributed by atoms with E-state index in [2.05, 4.69) is 49.5 Å². The number of anilines is 4. The van der Waals surface area contributed by atoms with E-state index in [0.29, 0.717) is 43.6 Å². The molecular weight excluding hydrogens is 585 g/mol. The summed E-state index contributed by atoms with van der Waals surface area (Å²) in [7, 11) is -1.52. The number of alkyl halides is 1. The van der Waals surface area contributed by atoms with Gasteiger partial charge >= 0.3 is 0 Å². The summed E-state index contributed by atoms with van der Waals surface area (Å²) < 4.78 is 43.4. The maximum absolute atomic E-state index is 14.5. The van der Waals surface area contributed by atoms with Gasteiger partial charge in [0, 0.05) is 74.3 Å². The molecule has 3 aromatic rings. The molecule has 0 spiro atoms. The Morgan fingerprint density at radius 3 is 2.68 bits per heavy atom. The van der Waals surface area contributed by atoms with Crippen molar-refractivity contribution in [1.82, 2.24) is 20.3 Å². The molecule has 2 aromatic heterocycles. The molecule has 2 N–H and O–H groups in total. The molecule has 4 heterocycles. The molecule has 0 radical (unpaired) electrons. The topological polar surface area (TPSA) is 130 Å². The second kappa shape index (κ2) is 12.2. The van der Waals surface area contributed by atoms with E-state index in [9.17, 15) is 17.6 Å². The quantitative estimate of drug-likeness (QED) is 0.344. The van der Waals surface area contributed by atoms with Gasteiger partial charge in [0.1, 0.15) is 27.6 Å². The van der Waals surface area contributed by atoms with E-state index in [-0.39, 0.29) is 36.1 Å². The summed E-state index contributed by atoms with van der Waals surface area (Å²) in [5, 5.41) is 8.22. The van der Waals surface area contributed by atoms with Gasteiger partial charge in [-0.1, -0.05) is 12.0 Å². The van der Waals surface area contributed by atoms with Gasteiger partial charge in [-0.2, -0.15) is 4.98 Å². The minimum atomic E-state index is -3.04. The number of nitrogens with one attached hydrogen (secondary N) is 2. The van der Waals surface area contributed by atoms with Crippen molar-refractivity contribution in [1.29, 1.82) is 0 Å². The Balaban J connectivity index is 1.26. The number of methoxy groups -OCH3 is 1. The number of amides is 1. The van der Waals surface area contributed by atoms with Gasteiger partial charge in [-0.25, -0.2) is 22.8 Å². The zero-order valence-corrected chi connectivity index (χ0v) is 25.8. The Morgan fingerprint density at radius 2 is 1.95 bits per heavy atom. The first-order valence-electron chi connectivity index (χ1n) is 14.7. The molecule has 6 rings (SSSR count). The predicted molar refractivity (Wildman–Crippen MR) is 168 cm³/mol. The fourth-order valence-corrected chi connectivity index (χ4v) is 7.33. The Labute approximate surface area is 256 Å². The maximum atomic E-state index is 14.5. The second-order valence-corrected chi connectivity index (χ2v) is 14.0. The summed E-state index contributed by atoms with van der Waals surface area (Å²) >= 11 is 0. The smallest absolute Gasteiger partial charge is 0.296 e. The van der Waals surface area contributed by atoms with Crippen LogP contribution in [0, 0.1) is 17.8 Å². The molecule has 232 valence electrons. The monoisotopic (exact) mass is 621 g/mol. The minimum Gasteiger partial charge on any atom is -0.378 e. The van der Waals surface area contributed by atoms with E-state index < -0.39 is 22.1 Å². The lowest BCUT2D eigenvalue weighted by Crippen LogP contribution is -2.49. The average molecular weight is 622 g/mol. The average Bonchev–Trinajstić information content (AvgIpc) is 3.72. The van der Waals surface area contributed by atoms with Crippen LogP contribution in [0.2, 0.25) is 0 Å². The molecule has 0 bridgehead atoms. The molecule has 44 heavy (non-hydrogen) atoms. The van der Waals surface area contributed by atoms with Gasteiger partial charge in [0.25, 0.3) is 5.91 Å². The van der Waals surface area contributed by atoms with E-state index in [4.69, 9.17) is 9.72 Å². The number of rotatable bonds is 9. The highest BCUT2D eigenvalue weighted by Crippen LogP contribution is 2.46. The number of carbonyl (C=O) groups excluding carboxylic acids is 1. The van der Waals surface area contributed by atoms with Crippen LogP contribution in [0.25, 0.3) is 10.8 Å². The minimum absolute atomic E-state index is 0.00359. The molecule has 2 saturated heterocycles. The number of carbonyl (C=O) groups is 1. The zero-order valence-electron chi connectivity index (χ0n) is 25.0. The first-order valence-corrected chi connectivity index (χ1v) is 16.8. The van der Waals surface area contributed by atoms with Crippen molar-refractivity contribution in [3.63, 3.8) is 0 Å². The summed E-state index contributed by atoms with van der Waals surface area (Å²) in [6, 6.07) is 7.87. The largest absolute Gasteiger partial charge is 0.378 e. The fraction of sp³-hybridized carbons (Fsp3) is 0.484. The summed E-state index contributed by atoms with van der Waals surface area (Å²) in [6.45, 7) is 3.70. The third-order valence-corrected chi connectivity index (χ3v) is 9.54. The van der Waals surface area contributed by atoms with Crippen LogP contribution < -0.4 is 20.4 Å². The lowest BCUT2D eigenvalue weighted by Gasteiger charge is -2.41. The lowest BCUT2D eigenvalue weighted by molar-refractivity contribution is -0.115. The summed E-state index contributed by atoms with van der Waals surface area (Å²) in [5.41, 5.74) is 2.09. The number of benzene rings is 1. The highest BCUT2D eigenvalue weighted by molar-refractivity contribution is 7.90. The molecular formula is C31H36FN7O4S. The third-order valence-electron chi connectivity index (χ3n) is 8.46. The van der Waals surface area contributed by atoms with Crippen LogP contribution in [0.15, 0.2) is 36.7 Å². The van der Waals surface area contributed by atoms with Gasteiger partial charge in [0.2, 0.25) is 5.95 Å². The molecule has 13 heteroatoms. The molecule has 1 aliphatic carbocycles. The van der Waals surface area contributed by atoms with Crippen LogP contribution in [0.5, 0.6) is 0 Å². The predicted octanol–water partition coefficient (Wildman–Crippen LogP) is 2.81. The van der Waals surface area contributed by atoms with Crippen LogP contribution in [0.4, 0.5) is 27.7 Å². The molecule has 0 unspecified atom stereocenters. The summed E-state index contributed by atoms with van der Waals surface area (Å²) in [4.78, 5) is 29.8. The summed E-state index contributed by atoms with van der Waals surface area (Å²) in [5.74, 6) is 6.85. The Morgan fingerprint density at radius 1 is 1.14 bits per heavy atom. The van der Waals surface area contributed by atoms with Crippen LogP contribution in [-0.4, -0.2) is 92.9 Å². The fourth-order valence-electron chi connectivity index (χ4n) is 6.26. The highest BCUT2D eigenvalue weighted by Gasteiger charge is 2.41. The van der Waals surface area contributed by atoms with Crippen molar-refractivity contribution < 1.29 is 22.3 Å². The number of halogens is 1. The van der Waals surface area contributed by atoms with E-state index in [1.807, 2.05) is 17.2 Å². The molecule has 4 atom stereocenters. The first kappa shape index (κ1) is 30.0. The molecule has 1 aromatic carbocycles. The van der Waals surface area contributed by atoms with Crippen molar-refractivity contribution in [2.24, 2.45) is 5.92 Å². The molecule has 2 aliphatic heterocycles. The van der Waals surface area contributed by atoms with Crippen LogP contribution >= 0.6 is 0 Å². The maximum Gasteiger partial charge on any atom is 0.296 e. The molecule has 11 nitrogen and oxygen atoms in total. The Hall–Kier alpha value is -4.02. The van der Waals surface area contributed by atoms with Gasteiger partial charge in [0.05, 0.1) is 18.4 Å². The highest BCUT2D eigenvalue weighted by atomic mass is 32.2. The van der Waals surface area contributed by atoms with Crippen molar-refractivity contribution in [3.05, 3.63) is 42.2 Å². The van der Waals surface area contributed by atoms with Crippen molar-refractivity contribution >= 4 is 49.8 Å². The van der Waals surface area contributed by atoms with Crippen LogP contribution in [-0.2, 0) is 19.4 Å². The number of ether oxygens (including phenoxy) is 1. The van der Waals surface area contributed by atoms with Crippen molar-refractivity contribution in [2.45, 2.75) is 44.0 Å². The lowest BCUT2D eigenvalue weighted by atomic mass is 9.96. The molecule has 3 aliphatic rings. The van der Waals surface area contributed by atoms with Crippen LogP contribution in [0.3, 0.4) is 0 Å². The van der Waals surface area contributed by atoms with E-state index in [1.165, 1.54) is 13.4 Å². The normalized spacial score (nSPS) is 23.5. The standard InChI is InChI=1S/C31H36FN7O4S/c1-4-5-30(40)35-25-12-22(25)20-6-7-26(39-15-19(16-39)18-44(3,41)42)23-14-34-29(13-21(20)23)36-28-8-10-33-31(37-28)38-11-9-27(43-2)24(32)17-38/h6-8,10,13-14,19,22,24-25,27H,9,11-12,15-18H2,1-3H3,(H,35,40)(H,33,34,36,37)/t22-,24-,25+,27+/m0/s1. The van der Waals surface area contributed by atoms with Gasteiger partial charge in [-0.05, 0) is 54.8 Å². The molecule has 1 amide bonds. The Kier molecular flexibility index (Phi) is 8.30. The number of pyridine rings is 1. The number of aromatic nitrogens is 3. The second-order valence-electron chi connectivity index (χ2n) is 11.8. The van der Waals surface area contributed by atoms with Gasteiger partial charge in [-0.15, -0.1) is 0 Å². The van der Waals surface area contributed by atoms with Gasteiger partial charge in [-0.3, -0.25) is 4.79 Å². The van der Waals surface area contributed by atoms with Gasteiger partial charge < -0.3 is 25.2 Å². The first-order chi connectivity index (χ1) is 21.1. The van der Waals surface area contributed by atoms with Crippen LogP contribution in [0.1, 0.15) is 31.2 Å². The number of sulfone groups is 1. The van der Waals surface area contributed by atoms with Crippen molar-refractivity contribution in [2.75, 3.05) is 60.4 Å². The zero-order chi connectivity index (χ0) is 31.0. The SMILES string of the molecule is CC#CC(=O)N[C@@H]1C[C@H]1c1ccc(N2CC(CS(C)(=O)=O)C2)c2cnc(Nc3ccnc(N4CC[C@@H](OC)[C@@H](F)C4)n3)cc12. The molecule has 3 fully saturated rings. The van der Waals surface area contributed by atoms with E-state index in [1.54, 1.807) is 19.2 Å². The number of fused-ring (bicyclic) bond motifs is 1. The molecule has 1 saturated carbocycles. The number of hydrogen-bond acceptors (Lipinski definition) is 10.